The molecule has 10 heteroatoms. The minimum absolute atomic E-state index is 0.0273. The zero-order chi connectivity index (χ0) is 31.2. The summed E-state index contributed by atoms with van der Waals surface area (Å²) in [7, 11) is -8.77. The lowest BCUT2D eigenvalue weighted by Gasteiger charge is -2.29. The minimum atomic E-state index is -4.40. The fourth-order valence-corrected chi connectivity index (χ4v) is 10.2. The lowest BCUT2D eigenvalue weighted by atomic mass is 9.96. The molecule has 1 aromatic heterocycles. The van der Waals surface area contributed by atoms with Crippen LogP contribution in [0.3, 0.4) is 0 Å². The quantitative estimate of drug-likeness (QED) is 0.296. The molecule has 0 fully saturated rings. The van der Waals surface area contributed by atoms with Crippen molar-refractivity contribution in [2.45, 2.75) is 29.6 Å². The van der Waals surface area contributed by atoms with Gasteiger partial charge in [0.1, 0.15) is 15.4 Å². The van der Waals surface area contributed by atoms with Gasteiger partial charge in [-0.05, 0) is 55.3 Å². The van der Waals surface area contributed by atoms with Crippen molar-refractivity contribution in [3.8, 4) is 0 Å². The Balaban J connectivity index is 1.80. The number of hydrogen-bond acceptors (Lipinski definition) is 7. The molecule has 1 aliphatic rings. The number of thiazole rings is 1. The summed E-state index contributed by atoms with van der Waals surface area (Å²) < 4.78 is 59.4. The molecule has 222 valence electrons. The van der Waals surface area contributed by atoms with Crippen LogP contribution in [0.15, 0.2) is 129 Å². The van der Waals surface area contributed by atoms with Gasteiger partial charge in [0.2, 0.25) is 19.7 Å². The molecule has 44 heavy (non-hydrogen) atoms. The summed E-state index contributed by atoms with van der Waals surface area (Å²) in [5, 5.41) is 0. The molecular weight excluding hydrogens is 613 g/mol. The number of rotatable bonds is 6. The number of allylic oxidation sites excluding steroid dienone is 1. The molecule has 2 heterocycles. The van der Waals surface area contributed by atoms with Crippen molar-refractivity contribution in [2.75, 3.05) is 0 Å². The summed E-state index contributed by atoms with van der Waals surface area (Å²) in [4.78, 5) is 13.3. The third kappa shape index (κ3) is 5.04. The Morgan fingerprint density at radius 3 is 1.68 bits per heavy atom. The average molecular weight is 641 g/mol. The summed E-state index contributed by atoms with van der Waals surface area (Å²) in [6, 6.07) is 30.0. The molecule has 0 radical (unpaired) electrons. The van der Waals surface area contributed by atoms with Crippen LogP contribution in [0.4, 0.5) is 0 Å². The lowest BCUT2D eigenvalue weighted by Crippen LogP contribution is -2.41. The Morgan fingerprint density at radius 1 is 0.682 bits per heavy atom. The summed E-state index contributed by atoms with van der Waals surface area (Å²) in [5.74, 6) is -1.65. The van der Waals surface area contributed by atoms with Gasteiger partial charge in [-0.15, -0.1) is 11.3 Å². The Hall–Kier alpha value is -4.51. The van der Waals surface area contributed by atoms with Crippen molar-refractivity contribution >= 4 is 47.8 Å². The van der Waals surface area contributed by atoms with Crippen LogP contribution in [0.25, 0.3) is 16.8 Å². The first kappa shape index (κ1) is 29.6. The zero-order valence-electron chi connectivity index (χ0n) is 23.8. The van der Waals surface area contributed by atoms with Gasteiger partial charge < -0.3 is 5.73 Å². The predicted octanol–water partition coefficient (Wildman–Crippen LogP) is 4.29. The van der Waals surface area contributed by atoms with E-state index in [1.807, 2.05) is 38.1 Å². The van der Waals surface area contributed by atoms with E-state index in [4.69, 9.17) is 5.73 Å². The van der Waals surface area contributed by atoms with Crippen LogP contribution in [0, 0.1) is 13.8 Å². The highest BCUT2D eigenvalue weighted by molar-refractivity contribution is 8.00. The van der Waals surface area contributed by atoms with Gasteiger partial charge in [-0.2, -0.15) is 0 Å². The van der Waals surface area contributed by atoms with Crippen molar-refractivity contribution in [1.82, 2.24) is 4.57 Å². The molecule has 4 aromatic carbocycles. The molecule has 0 saturated heterocycles. The number of sulfone groups is 2. The van der Waals surface area contributed by atoms with Crippen molar-refractivity contribution in [3.63, 3.8) is 0 Å². The standard InChI is InChI=1S/C34H28N2O5S3/c1-22-13-17-24(18-14-22)21-28-33(37)36-32(35)30(43(38,39)26-9-5-3-6-10-26)29(25-19-15-23(2)16-20-25)31(34(36)42-28)44(40,41)27-11-7-4-8-12-27/h3-21,29H,35H2,1-2H3/b28-21+. The normalized spacial score (nSPS) is 15.8. The molecule has 0 saturated carbocycles. The van der Waals surface area contributed by atoms with E-state index < -0.39 is 31.2 Å². The maximum atomic E-state index is 14.6. The van der Waals surface area contributed by atoms with Crippen LogP contribution < -0.4 is 20.5 Å². The molecule has 1 aliphatic heterocycles. The van der Waals surface area contributed by atoms with Gasteiger partial charge in [-0.25, -0.2) is 16.8 Å². The molecule has 0 aliphatic carbocycles. The van der Waals surface area contributed by atoms with Gasteiger partial charge in [0.05, 0.1) is 25.1 Å². The van der Waals surface area contributed by atoms with Gasteiger partial charge in [-0.3, -0.25) is 9.36 Å². The largest absolute Gasteiger partial charge is 0.384 e. The molecule has 0 amide bonds. The van der Waals surface area contributed by atoms with Crippen LogP contribution in [0.2, 0.25) is 0 Å². The fourth-order valence-electron chi connectivity index (χ4n) is 5.26. The Labute approximate surface area is 259 Å². The number of nitrogens with zero attached hydrogens (tertiary/aromatic N) is 1. The van der Waals surface area contributed by atoms with Crippen molar-refractivity contribution in [2.24, 2.45) is 5.73 Å². The average Bonchev–Trinajstić information content (AvgIpc) is 3.34. The van der Waals surface area contributed by atoms with Gasteiger partial charge in [-0.1, -0.05) is 96.1 Å². The highest BCUT2D eigenvalue weighted by atomic mass is 32.2. The second-order valence-electron chi connectivity index (χ2n) is 10.6. The Bertz CT molecular complexity index is 2320. The van der Waals surface area contributed by atoms with Crippen molar-refractivity contribution in [1.29, 1.82) is 0 Å². The molecule has 0 spiro atoms. The van der Waals surface area contributed by atoms with Gasteiger partial charge in [0.25, 0.3) is 5.56 Å². The molecule has 0 bridgehead atoms. The van der Waals surface area contributed by atoms with E-state index in [2.05, 4.69) is 0 Å². The van der Waals surface area contributed by atoms with E-state index in [1.54, 1.807) is 66.7 Å². The van der Waals surface area contributed by atoms with E-state index in [-0.39, 0.29) is 34.6 Å². The number of benzene rings is 4. The summed E-state index contributed by atoms with van der Waals surface area (Å²) in [5.41, 5.74) is 9.18. The SMILES string of the molecule is Cc1ccc(/C=c2/sc3n(c2=O)C(N)=C(S(=O)(=O)c2ccccc2)C(c2ccc(C)cc2)C=3S(=O)(=O)c2ccccc2)cc1. The van der Waals surface area contributed by atoms with Gasteiger partial charge in [0.15, 0.2) is 0 Å². The van der Waals surface area contributed by atoms with Crippen LogP contribution >= 0.6 is 11.3 Å². The van der Waals surface area contributed by atoms with Gasteiger partial charge in [0, 0.05) is 0 Å². The van der Waals surface area contributed by atoms with Crippen LogP contribution in [0.5, 0.6) is 0 Å². The van der Waals surface area contributed by atoms with Crippen molar-refractivity contribution < 1.29 is 16.8 Å². The fraction of sp³-hybridized carbons (Fsp3) is 0.0882. The maximum Gasteiger partial charge on any atom is 0.274 e. The van der Waals surface area contributed by atoms with Crippen LogP contribution in [-0.4, -0.2) is 21.4 Å². The van der Waals surface area contributed by atoms with E-state index in [0.717, 1.165) is 32.6 Å². The number of aromatic nitrogens is 1. The zero-order valence-corrected chi connectivity index (χ0v) is 26.3. The molecule has 1 atom stereocenters. The van der Waals surface area contributed by atoms with Crippen LogP contribution in [-0.2, 0) is 19.7 Å². The van der Waals surface area contributed by atoms with Crippen LogP contribution in [0.1, 0.15) is 28.2 Å². The third-order valence-electron chi connectivity index (χ3n) is 7.52. The van der Waals surface area contributed by atoms with E-state index >= 15 is 0 Å². The van der Waals surface area contributed by atoms with E-state index in [0.29, 0.717) is 5.56 Å². The van der Waals surface area contributed by atoms with Gasteiger partial charge >= 0.3 is 0 Å². The Morgan fingerprint density at radius 2 is 1.16 bits per heavy atom. The monoisotopic (exact) mass is 640 g/mol. The number of hydrogen-bond donors (Lipinski definition) is 1. The Kier molecular flexibility index (Phi) is 7.53. The molecule has 6 rings (SSSR count). The molecule has 7 nitrogen and oxygen atoms in total. The topological polar surface area (TPSA) is 116 Å². The number of nitrogens with two attached hydrogens (primary N) is 1. The second kappa shape index (κ2) is 11.2. The number of fused-ring (bicyclic) bond motifs is 1. The van der Waals surface area contributed by atoms with E-state index in [1.165, 1.54) is 24.3 Å². The predicted molar refractivity (Wildman–Crippen MR) is 175 cm³/mol. The minimum Gasteiger partial charge on any atom is -0.384 e. The lowest BCUT2D eigenvalue weighted by molar-refractivity contribution is 0.598. The highest BCUT2D eigenvalue weighted by Crippen LogP contribution is 2.45. The molecule has 5 aromatic rings. The summed E-state index contributed by atoms with van der Waals surface area (Å²) in [6.07, 6.45) is 1.66. The smallest absolute Gasteiger partial charge is 0.274 e. The summed E-state index contributed by atoms with van der Waals surface area (Å²) in [6.45, 7) is 3.83. The van der Waals surface area contributed by atoms with Crippen molar-refractivity contribution in [3.05, 3.63) is 156 Å². The molecule has 2 N–H and O–H groups in total. The summed E-state index contributed by atoms with van der Waals surface area (Å²) >= 11 is 0.974. The highest BCUT2D eigenvalue weighted by Gasteiger charge is 2.44. The number of aryl methyl sites for hydroxylation is 2. The third-order valence-corrected chi connectivity index (χ3v) is 12.6. The first-order valence-corrected chi connectivity index (χ1v) is 17.5. The first-order chi connectivity index (χ1) is 21.0. The maximum absolute atomic E-state index is 14.6. The molecule has 1 unspecified atom stereocenters. The second-order valence-corrected chi connectivity index (χ2v) is 15.4. The molecular formula is C34H28N2O5S3. The van der Waals surface area contributed by atoms with E-state index in [9.17, 15) is 21.6 Å². The first-order valence-electron chi connectivity index (χ1n) is 13.7.